The number of carbonyl (C=O) groups excluding carboxylic acids is 2. The molecule has 5 heteroatoms. The summed E-state index contributed by atoms with van der Waals surface area (Å²) in [5.74, 6) is 0.719. The van der Waals surface area contributed by atoms with Gasteiger partial charge in [-0.1, -0.05) is 34.1 Å². The van der Waals surface area contributed by atoms with Crippen molar-refractivity contribution in [2.24, 2.45) is 0 Å². The summed E-state index contributed by atoms with van der Waals surface area (Å²) >= 11 is 3.52. The van der Waals surface area contributed by atoms with E-state index in [1.54, 1.807) is 17.7 Å². The van der Waals surface area contributed by atoms with E-state index in [0.29, 0.717) is 17.0 Å². The Morgan fingerprint density at radius 2 is 1.71 bits per heavy atom. The highest BCUT2D eigenvalue weighted by Gasteiger charge is 2.19. The van der Waals surface area contributed by atoms with E-state index in [0.717, 1.165) is 34.0 Å². The molecular weight excluding hydrogens is 370 g/mol. The van der Waals surface area contributed by atoms with Crippen LogP contribution in [-0.4, -0.2) is 24.2 Å². The lowest BCUT2D eigenvalue weighted by Gasteiger charge is -2.14. The highest BCUT2D eigenvalue weighted by atomic mass is 79.9. The van der Waals surface area contributed by atoms with Crippen LogP contribution in [0.4, 0.5) is 0 Å². The van der Waals surface area contributed by atoms with Gasteiger partial charge in [-0.15, -0.1) is 0 Å². The van der Waals surface area contributed by atoms with E-state index in [4.69, 9.17) is 4.74 Å². The average molecular weight is 384 g/mol. The molecule has 4 nitrogen and oxygen atoms in total. The Morgan fingerprint density at radius 1 is 1.00 bits per heavy atom. The van der Waals surface area contributed by atoms with Crippen LogP contribution in [0.2, 0.25) is 0 Å². The van der Waals surface area contributed by atoms with Crippen LogP contribution in [0.1, 0.15) is 20.8 Å². The fourth-order valence-corrected chi connectivity index (χ4v) is 3.14. The maximum atomic E-state index is 11.6. The zero-order valence-corrected chi connectivity index (χ0v) is 14.5. The van der Waals surface area contributed by atoms with Crippen molar-refractivity contribution >= 4 is 28.5 Å². The fraction of sp³-hybridized carbons (Fsp3) is 0.0526. The lowest BCUT2D eigenvalue weighted by molar-refractivity contribution is 0.111. The molecule has 0 unspecified atom stereocenters. The number of aromatic nitrogens is 1. The first-order valence-electron chi connectivity index (χ1n) is 7.25. The molecule has 0 saturated heterocycles. The number of hydrogen-bond donors (Lipinski definition) is 0. The number of benzene rings is 2. The summed E-state index contributed by atoms with van der Waals surface area (Å²) < 4.78 is 7.80. The zero-order chi connectivity index (χ0) is 17.1. The van der Waals surface area contributed by atoms with Gasteiger partial charge in [0.15, 0.2) is 12.6 Å². The number of nitrogens with zero attached hydrogens (tertiary/aromatic N) is 1. The van der Waals surface area contributed by atoms with E-state index in [9.17, 15) is 9.59 Å². The van der Waals surface area contributed by atoms with Crippen LogP contribution in [0.25, 0.3) is 16.9 Å². The van der Waals surface area contributed by atoms with Gasteiger partial charge in [0.05, 0.1) is 18.5 Å². The Balaban J connectivity index is 2.31. The van der Waals surface area contributed by atoms with Crippen LogP contribution in [-0.2, 0) is 0 Å². The van der Waals surface area contributed by atoms with Crippen LogP contribution >= 0.6 is 15.9 Å². The molecule has 2 aromatic carbocycles. The lowest BCUT2D eigenvalue weighted by atomic mass is 10.1. The van der Waals surface area contributed by atoms with Crippen molar-refractivity contribution in [3.63, 3.8) is 0 Å². The monoisotopic (exact) mass is 383 g/mol. The second kappa shape index (κ2) is 6.84. The number of ether oxygens (including phenoxy) is 1. The van der Waals surface area contributed by atoms with Gasteiger partial charge in [0.2, 0.25) is 0 Å². The van der Waals surface area contributed by atoms with Crippen molar-refractivity contribution in [2.75, 3.05) is 7.11 Å². The summed E-state index contributed by atoms with van der Waals surface area (Å²) in [4.78, 5) is 23.1. The molecule has 0 atom stereocenters. The molecule has 0 aliphatic rings. The molecule has 3 rings (SSSR count). The first-order valence-corrected chi connectivity index (χ1v) is 8.04. The van der Waals surface area contributed by atoms with Crippen molar-refractivity contribution < 1.29 is 14.3 Å². The molecule has 0 radical (unpaired) electrons. The summed E-state index contributed by atoms with van der Waals surface area (Å²) in [5, 5.41) is 0. The van der Waals surface area contributed by atoms with Gasteiger partial charge in [-0.2, -0.15) is 0 Å². The normalized spacial score (nSPS) is 10.4. The van der Waals surface area contributed by atoms with E-state index in [-0.39, 0.29) is 0 Å². The first-order chi connectivity index (χ1) is 11.7. The zero-order valence-electron chi connectivity index (χ0n) is 12.9. The lowest BCUT2D eigenvalue weighted by Crippen LogP contribution is -2.02. The fourth-order valence-electron chi connectivity index (χ4n) is 2.67. The van der Waals surface area contributed by atoms with Gasteiger partial charge < -0.3 is 9.30 Å². The number of hydrogen-bond acceptors (Lipinski definition) is 3. The highest BCUT2D eigenvalue weighted by Crippen LogP contribution is 2.34. The van der Waals surface area contributed by atoms with Crippen LogP contribution in [0, 0.1) is 0 Å². The van der Waals surface area contributed by atoms with Crippen molar-refractivity contribution in [3.05, 3.63) is 70.3 Å². The number of methoxy groups -OCH3 is 1. The van der Waals surface area contributed by atoms with Gasteiger partial charge in [-0.05, 0) is 36.4 Å². The van der Waals surface area contributed by atoms with Gasteiger partial charge in [-0.25, -0.2) is 0 Å². The molecule has 0 saturated carbocycles. The second-order valence-electron chi connectivity index (χ2n) is 5.12. The molecule has 0 amide bonds. The Morgan fingerprint density at radius 3 is 2.29 bits per heavy atom. The van der Waals surface area contributed by atoms with Crippen LogP contribution in [0.3, 0.4) is 0 Å². The Kier molecular flexibility index (Phi) is 4.62. The Bertz CT molecular complexity index is 897. The Hall–Kier alpha value is -2.66. The minimum Gasteiger partial charge on any atom is -0.497 e. The van der Waals surface area contributed by atoms with E-state index in [1.165, 1.54) is 0 Å². The van der Waals surface area contributed by atoms with Gasteiger partial charge in [0.1, 0.15) is 5.75 Å². The number of aldehydes is 2. The summed E-state index contributed by atoms with van der Waals surface area (Å²) in [5.41, 5.74) is 3.15. The summed E-state index contributed by atoms with van der Waals surface area (Å²) in [7, 11) is 1.60. The third-order valence-electron chi connectivity index (χ3n) is 3.77. The quantitative estimate of drug-likeness (QED) is 0.607. The summed E-state index contributed by atoms with van der Waals surface area (Å²) in [6.07, 6.45) is 1.51. The SMILES string of the molecule is COc1ccc(-n2c(C=O)cc(C=O)c2-c2ccccc2Br)cc1. The molecule has 24 heavy (non-hydrogen) atoms. The molecule has 0 aliphatic heterocycles. The van der Waals surface area contributed by atoms with E-state index >= 15 is 0 Å². The molecule has 120 valence electrons. The minimum absolute atomic E-state index is 0.410. The molecule has 0 N–H and O–H groups in total. The molecular formula is C19H14BrNO3. The first kappa shape index (κ1) is 16.2. The van der Waals surface area contributed by atoms with E-state index in [2.05, 4.69) is 15.9 Å². The topological polar surface area (TPSA) is 48.3 Å². The Labute approximate surface area is 147 Å². The van der Waals surface area contributed by atoms with Gasteiger partial charge in [0.25, 0.3) is 0 Å². The van der Waals surface area contributed by atoms with Crippen molar-refractivity contribution in [2.45, 2.75) is 0 Å². The summed E-state index contributed by atoms with van der Waals surface area (Å²) in [6.45, 7) is 0. The predicted octanol–water partition coefficient (Wildman–Crippen LogP) is 4.54. The van der Waals surface area contributed by atoms with Gasteiger partial charge in [0, 0.05) is 21.3 Å². The minimum atomic E-state index is 0.410. The van der Waals surface area contributed by atoms with Crippen LogP contribution in [0.15, 0.2) is 59.1 Å². The van der Waals surface area contributed by atoms with Gasteiger partial charge >= 0.3 is 0 Å². The number of halogens is 1. The van der Waals surface area contributed by atoms with Crippen molar-refractivity contribution in [3.8, 4) is 22.7 Å². The smallest absolute Gasteiger partial charge is 0.166 e. The van der Waals surface area contributed by atoms with Gasteiger partial charge in [-0.3, -0.25) is 9.59 Å². The average Bonchev–Trinajstić information content (AvgIpc) is 3.00. The second-order valence-corrected chi connectivity index (χ2v) is 5.98. The predicted molar refractivity (Wildman–Crippen MR) is 96.2 cm³/mol. The third kappa shape index (κ3) is 2.78. The molecule has 3 aromatic rings. The summed E-state index contributed by atoms with van der Waals surface area (Å²) in [6, 6.07) is 16.5. The van der Waals surface area contributed by atoms with Crippen molar-refractivity contribution in [1.29, 1.82) is 0 Å². The largest absolute Gasteiger partial charge is 0.497 e. The molecule has 0 bridgehead atoms. The molecule has 0 aliphatic carbocycles. The third-order valence-corrected chi connectivity index (χ3v) is 4.46. The molecule has 0 fully saturated rings. The molecule has 1 aromatic heterocycles. The standard InChI is InChI=1S/C19H14BrNO3/c1-24-16-8-6-14(7-9-16)21-15(12-23)10-13(11-22)19(21)17-4-2-3-5-18(17)20/h2-12H,1H3. The van der Waals surface area contributed by atoms with Crippen LogP contribution in [0.5, 0.6) is 5.75 Å². The van der Waals surface area contributed by atoms with E-state index < -0.39 is 0 Å². The molecule has 0 spiro atoms. The molecule has 1 heterocycles. The number of carbonyl (C=O) groups is 2. The highest BCUT2D eigenvalue weighted by molar-refractivity contribution is 9.10. The van der Waals surface area contributed by atoms with E-state index in [1.807, 2.05) is 48.5 Å². The maximum absolute atomic E-state index is 11.6. The van der Waals surface area contributed by atoms with Crippen molar-refractivity contribution in [1.82, 2.24) is 4.57 Å². The van der Waals surface area contributed by atoms with Crippen LogP contribution < -0.4 is 4.74 Å². The number of rotatable bonds is 5. The maximum Gasteiger partial charge on any atom is 0.166 e.